The molecule has 0 fully saturated rings. The van der Waals surface area contributed by atoms with Crippen LogP contribution in [0, 0.1) is 0 Å². The van der Waals surface area contributed by atoms with Crippen molar-refractivity contribution in [1.29, 1.82) is 0 Å². The summed E-state index contributed by atoms with van der Waals surface area (Å²) in [5, 5.41) is 0.368. The number of hydrogen-bond donors (Lipinski definition) is 1. The molecule has 0 spiro atoms. The third kappa shape index (κ3) is 3.81. The molecule has 0 saturated carbocycles. The predicted molar refractivity (Wildman–Crippen MR) is 92.4 cm³/mol. The van der Waals surface area contributed by atoms with Crippen molar-refractivity contribution in [3.05, 3.63) is 57.6 Å². The Balaban J connectivity index is 2.10. The zero-order valence-electron chi connectivity index (χ0n) is 13.2. The highest BCUT2D eigenvalue weighted by Gasteiger charge is 2.32. The summed E-state index contributed by atoms with van der Waals surface area (Å²) in [6.45, 7) is 0. The lowest BCUT2D eigenvalue weighted by Gasteiger charge is -2.15. The van der Waals surface area contributed by atoms with Crippen molar-refractivity contribution >= 4 is 32.5 Å². The summed E-state index contributed by atoms with van der Waals surface area (Å²) in [5.41, 5.74) is 2.63. The first-order valence-electron chi connectivity index (χ1n) is 7.14. The normalized spacial score (nSPS) is 11.6. The Hall–Kier alpha value is -2.59. The summed E-state index contributed by atoms with van der Waals surface area (Å²) in [6, 6.07) is 8.70. The van der Waals surface area contributed by atoms with Crippen LogP contribution in [0.25, 0.3) is 16.6 Å². The standard InChI is InChI=1S/C16H11BrF3N3O3/c1-25-22-13-7-10(3-5-14(13)26-16(18,19)20)23-8-21-12-6-9(17)2-4-11(12)15(23)24/h2-8,22H,1H3. The Morgan fingerprint density at radius 3 is 2.65 bits per heavy atom. The Morgan fingerprint density at radius 1 is 1.19 bits per heavy atom. The molecule has 1 N–H and O–H groups in total. The molecule has 10 heteroatoms. The van der Waals surface area contributed by atoms with E-state index in [9.17, 15) is 18.0 Å². The van der Waals surface area contributed by atoms with Gasteiger partial charge in [-0.2, -0.15) is 0 Å². The van der Waals surface area contributed by atoms with Gasteiger partial charge in [0.15, 0.2) is 5.75 Å². The van der Waals surface area contributed by atoms with Crippen LogP contribution in [0.5, 0.6) is 5.75 Å². The molecular formula is C16H11BrF3N3O3. The zero-order valence-corrected chi connectivity index (χ0v) is 14.8. The molecule has 0 amide bonds. The van der Waals surface area contributed by atoms with Crippen molar-refractivity contribution in [2.24, 2.45) is 0 Å². The Labute approximate surface area is 153 Å². The van der Waals surface area contributed by atoms with E-state index in [0.717, 1.165) is 10.5 Å². The van der Waals surface area contributed by atoms with Crippen LogP contribution in [0.2, 0.25) is 0 Å². The second-order valence-electron chi connectivity index (χ2n) is 5.12. The summed E-state index contributed by atoms with van der Waals surface area (Å²) >= 11 is 3.30. The van der Waals surface area contributed by atoms with Gasteiger partial charge in [0, 0.05) is 4.47 Å². The minimum absolute atomic E-state index is 0.0925. The number of rotatable bonds is 4. The first-order valence-corrected chi connectivity index (χ1v) is 7.94. The average molecular weight is 430 g/mol. The van der Waals surface area contributed by atoms with Crippen LogP contribution in [0.4, 0.5) is 18.9 Å². The van der Waals surface area contributed by atoms with Crippen LogP contribution >= 0.6 is 15.9 Å². The monoisotopic (exact) mass is 429 g/mol. The van der Waals surface area contributed by atoms with E-state index in [1.807, 2.05) is 0 Å². The van der Waals surface area contributed by atoms with Gasteiger partial charge < -0.3 is 4.74 Å². The number of aromatic nitrogens is 2. The van der Waals surface area contributed by atoms with Gasteiger partial charge in [0.2, 0.25) is 0 Å². The van der Waals surface area contributed by atoms with Gasteiger partial charge in [-0.25, -0.2) is 4.98 Å². The molecule has 0 unspecified atom stereocenters. The smallest absolute Gasteiger partial charge is 0.403 e. The van der Waals surface area contributed by atoms with E-state index in [1.165, 1.54) is 30.1 Å². The molecule has 136 valence electrons. The summed E-state index contributed by atoms with van der Waals surface area (Å²) in [5.74, 6) is -0.492. The maximum Gasteiger partial charge on any atom is 0.573 e. The van der Waals surface area contributed by atoms with E-state index < -0.39 is 12.1 Å². The summed E-state index contributed by atoms with van der Waals surface area (Å²) in [4.78, 5) is 21.6. The Kier molecular flexibility index (Phi) is 4.88. The zero-order chi connectivity index (χ0) is 18.9. The molecule has 0 saturated heterocycles. The number of alkyl halides is 3. The summed E-state index contributed by atoms with van der Waals surface area (Å²) in [6.07, 6.45) is -3.56. The van der Waals surface area contributed by atoms with Gasteiger partial charge in [-0.3, -0.25) is 19.7 Å². The average Bonchev–Trinajstić information content (AvgIpc) is 2.56. The second-order valence-corrected chi connectivity index (χ2v) is 6.03. The van der Waals surface area contributed by atoms with E-state index in [4.69, 9.17) is 0 Å². The van der Waals surface area contributed by atoms with Crippen LogP contribution < -0.4 is 15.8 Å². The lowest BCUT2D eigenvalue weighted by Crippen LogP contribution is -2.20. The van der Waals surface area contributed by atoms with Crippen LogP contribution in [0.1, 0.15) is 0 Å². The van der Waals surface area contributed by atoms with E-state index in [1.54, 1.807) is 18.2 Å². The molecule has 1 aromatic heterocycles. The summed E-state index contributed by atoms with van der Waals surface area (Å²) < 4.78 is 43.4. The number of nitrogens with one attached hydrogen (secondary N) is 1. The first kappa shape index (κ1) is 18.2. The molecule has 0 aliphatic heterocycles. The minimum atomic E-state index is -4.86. The molecule has 0 aliphatic carbocycles. The number of benzene rings is 2. The van der Waals surface area contributed by atoms with Crippen LogP contribution in [0.15, 0.2) is 52.0 Å². The molecule has 3 rings (SSSR count). The molecule has 2 aromatic carbocycles. The van der Waals surface area contributed by atoms with Crippen molar-refractivity contribution < 1.29 is 22.7 Å². The molecule has 6 nitrogen and oxygen atoms in total. The summed E-state index contributed by atoms with van der Waals surface area (Å²) in [7, 11) is 1.24. The highest BCUT2D eigenvalue weighted by atomic mass is 79.9. The maximum absolute atomic E-state index is 12.7. The van der Waals surface area contributed by atoms with Gasteiger partial charge in [-0.15, -0.1) is 13.2 Å². The lowest BCUT2D eigenvalue weighted by atomic mass is 10.2. The molecule has 0 aliphatic rings. The second kappa shape index (κ2) is 6.96. The fourth-order valence-electron chi connectivity index (χ4n) is 2.35. The van der Waals surface area contributed by atoms with Crippen LogP contribution in [0.3, 0.4) is 0 Å². The molecule has 1 heterocycles. The van der Waals surface area contributed by atoms with Crippen LogP contribution in [-0.2, 0) is 4.84 Å². The number of ether oxygens (including phenoxy) is 1. The van der Waals surface area contributed by atoms with Crippen molar-refractivity contribution in [2.45, 2.75) is 6.36 Å². The Morgan fingerprint density at radius 2 is 1.96 bits per heavy atom. The van der Waals surface area contributed by atoms with Gasteiger partial charge >= 0.3 is 6.36 Å². The maximum atomic E-state index is 12.7. The quantitative estimate of drug-likeness (QED) is 0.634. The van der Waals surface area contributed by atoms with Gasteiger partial charge in [-0.1, -0.05) is 15.9 Å². The molecule has 3 aromatic rings. The van der Waals surface area contributed by atoms with Gasteiger partial charge in [0.1, 0.15) is 12.0 Å². The highest BCUT2D eigenvalue weighted by molar-refractivity contribution is 9.10. The van der Waals surface area contributed by atoms with E-state index in [0.29, 0.717) is 16.6 Å². The van der Waals surface area contributed by atoms with Crippen molar-refractivity contribution in [1.82, 2.24) is 9.55 Å². The SMILES string of the molecule is CONc1cc(-n2cnc3cc(Br)ccc3c2=O)ccc1OC(F)(F)F. The van der Waals surface area contributed by atoms with Crippen molar-refractivity contribution in [2.75, 3.05) is 12.6 Å². The van der Waals surface area contributed by atoms with E-state index >= 15 is 0 Å². The fourth-order valence-corrected chi connectivity index (χ4v) is 2.70. The number of nitrogens with zero attached hydrogens (tertiary/aromatic N) is 2. The molecular weight excluding hydrogens is 419 g/mol. The number of halogens is 4. The number of anilines is 1. The highest BCUT2D eigenvalue weighted by Crippen LogP contribution is 2.32. The van der Waals surface area contributed by atoms with E-state index in [-0.39, 0.29) is 11.2 Å². The molecule has 26 heavy (non-hydrogen) atoms. The van der Waals surface area contributed by atoms with Gasteiger partial charge in [-0.05, 0) is 36.4 Å². The molecule has 0 bridgehead atoms. The molecule has 0 atom stereocenters. The van der Waals surface area contributed by atoms with Crippen molar-refractivity contribution in [3.63, 3.8) is 0 Å². The lowest BCUT2D eigenvalue weighted by molar-refractivity contribution is -0.274. The van der Waals surface area contributed by atoms with E-state index in [2.05, 4.69) is 36.0 Å². The van der Waals surface area contributed by atoms with Gasteiger partial charge in [0.05, 0.1) is 23.7 Å². The third-order valence-electron chi connectivity index (χ3n) is 3.40. The largest absolute Gasteiger partial charge is 0.573 e. The first-order chi connectivity index (χ1) is 12.3. The topological polar surface area (TPSA) is 65.4 Å². The van der Waals surface area contributed by atoms with Gasteiger partial charge in [0.25, 0.3) is 5.56 Å². The van der Waals surface area contributed by atoms with Crippen molar-refractivity contribution in [3.8, 4) is 11.4 Å². The Bertz CT molecular complexity index is 1020. The number of fused-ring (bicyclic) bond motifs is 1. The van der Waals surface area contributed by atoms with Crippen LogP contribution in [-0.4, -0.2) is 23.0 Å². The molecule has 0 radical (unpaired) electrons. The predicted octanol–water partition coefficient (Wildman–Crippen LogP) is 4.02. The minimum Gasteiger partial charge on any atom is -0.403 e. The fraction of sp³-hybridized carbons (Fsp3) is 0.125. The third-order valence-corrected chi connectivity index (χ3v) is 3.89. The number of hydrogen-bond acceptors (Lipinski definition) is 5.